The zero-order chi connectivity index (χ0) is 13.2. The van der Waals surface area contributed by atoms with Crippen LogP contribution in [0.5, 0.6) is 0 Å². The molecule has 0 aromatic carbocycles. The summed E-state index contributed by atoms with van der Waals surface area (Å²) < 4.78 is 0. The van der Waals surface area contributed by atoms with E-state index in [9.17, 15) is 5.11 Å². The summed E-state index contributed by atoms with van der Waals surface area (Å²) in [6, 6.07) is 0. The molecule has 3 nitrogen and oxygen atoms in total. The highest BCUT2D eigenvalue weighted by molar-refractivity contribution is 7.09. The first-order chi connectivity index (χ1) is 8.39. The van der Waals surface area contributed by atoms with E-state index in [1.807, 2.05) is 6.92 Å². The molecule has 1 aliphatic rings. The van der Waals surface area contributed by atoms with Crippen LogP contribution in [0.1, 0.15) is 50.2 Å². The van der Waals surface area contributed by atoms with Crippen molar-refractivity contribution < 1.29 is 5.11 Å². The van der Waals surface area contributed by atoms with Crippen molar-refractivity contribution in [1.29, 1.82) is 0 Å². The minimum atomic E-state index is -0.513. The van der Waals surface area contributed by atoms with Gasteiger partial charge in [-0.05, 0) is 38.0 Å². The van der Waals surface area contributed by atoms with Gasteiger partial charge < -0.3 is 10.4 Å². The Kier molecular flexibility index (Phi) is 4.09. The van der Waals surface area contributed by atoms with Crippen molar-refractivity contribution in [2.24, 2.45) is 5.41 Å². The summed E-state index contributed by atoms with van der Waals surface area (Å²) in [5.41, 5.74) is 0.969. The Morgan fingerprint density at radius 2 is 2.00 bits per heavy atom. The highest BCUT2D eigenvalue weighted by Gasteiger charge is 2.36. The zero-order valence-electron chi connectivity index (χ0n) is 11.6. The van der Waals surface area contributed by atoms with Crippen molar-refractivity contribution in [3.63, 3.8) is 0 Å². The number of aliphatic hydroxyl groups is 1. The topological polar surface area (TPSA) is 45.2 Å². The summed E-state index contributed by atoms with van der Waals surface area (Å²) in [5, 5.41) is 17.0. The van der Waals surface area contributed by atoms with Crippen LogP contribution in [-0.4, -0.2) is 22.2 Å². The highest BCUT2D eigenvalue weighted by Crippen LogP contribution is 2.39. The average molecular weight is 268 g/mol. The van der Waals surface area contributed by atoms with Crippen LogP contribution in [0.15, 0.2) is 5.38 Å². The third-order valence-corrected chi connectivity index (χ3v) is 4.78. The minimum absolute atomic E-state index is 0.401. The van der Waals surface area contributed by atoms with Crippen LogP contribution in [0.2, 0.25) is 0 Å². The van der Waals surface area contributed by atoms with Crippen LogP contribution >= 0.6 is 11.3 Å². The molecular weight excluding hydrogens is 244 g/mol. The summed E-state index contributed by atoms with van der Waals surface area (Å²) in [5.74, 6) is 0. The van der Waals surface area contributed by atoms with Crippen molar-refractivity contribution in [2.45, 2.75) is 58.6 Å². The van der Waals surface area contributed by atoms with Crippen molar-refractivity contribution in [3.8, 4) is 0 Å². The Hall–Kier alpha value is -0.450. The maximum Gasteiger partial charge on any atom is 0.0897 e. The monoisotopic (exact) mass is 268 g/mol. The van der Waals surface area contributed by atoms with Gasteiger partial charge in [0.1, 0.15) is 0 Å². The summed E-state index contributed by atoms with van der Waals surface area (Å²) in [4.78, 5) is 4.41. The average Bonchev–Trinajstić information content (AvgIpc) is 2.70. The number of aryl methyl sites for hydroxylation is 1. The van der Waals surface area contributed by atoms with E-state index < -0.39 is 5.60 Å². The third-order valence-electron chi connectivity index (χ3n) is 3.96. The molecular formula is C14H24N2OS. The number of aromatic nitrogens is 1. The first-order valence-corrected chi connectivity index (χ1v) is 7.61. The van der Waals surface area contributed by atoms with E-state index in [4.69, 9.17) is 0 Å². The molecule has 0 unspecified atom stereocenters. The fourth-order valence-electron chi connectivity index (χ4n) is 2.48. The zero-order valence-corrected chi connectivity index (χ0v) is 12.4. The molecule has 1 aromatic rings. The first kappa shape index (κ1) is 14.0. The molecule has 0 atom stereocenters. The number of nitrogens with zero attached hydrogens (tertiary/aromatic N) is 1. The molecule has 0 bridgehead atoms. The standard InChI is InChI=1S/C14H24N2OS/c1-11-16-12(9-18-11)8-15-10-14(17)6-4-13(2,3)5-7-14/h9,15,17H,4-8,10H2,1-3H3. The van der Waals surface area contributed by atoms with Gasteiger partial charge in [0.25, 0.3) is 0 Å². The van der Waals surface area contributed by atoms with E-state index >= 15 is 0 Å². The van der Waals surface area contributed by atoms with Crippen LogP contribution < -0.4 is 5.32 Å². The molecule has 1 heterocycles. The summed E-state index contributed by atoms with van der Waals surface area (Å²) in [6.07, 6.45) is 4.04. The Labute approximate surface area is 114 Å². The molecule has 0 saturated heterocycles. The Morgan fingerprint density at radius 1 is 1.33 bits per heavy atom. The second kappa shape index (κ2) is 5.27. The van der Waals surface area contributed by atoms with Crippen LogP contribution in [0.3, 0.4) is 0 Å². The van der Waals surface area contributed by atoms with E-state index in [2.05, 4.69) is 29.5 Å². The molecule has 4 heteroatoms. The number of hydrogen-bond donors (Lipinski definition) is 2. The lowest BCUT2D eigenvalue weighted by atomic mass is 9.71. The third kappa shape index (κ3) is 3.77. The van der Waals surface area contributed by atoms with Gasteiger partial charge in [-0.3, -0.25) is 0 Å². The van der Waals surface area contributed by atoms with Crippen molar-refractivity contribution >= 4 is 11.3 Å². The molecule has 0 radical (unpaired) electrons. The summed E-state index contributed by atoms with van der Waals surface area (Å²) >= 11 is 1.68. The maximum absolute atomic E-state index is 10.5. The van der Waals surface area contributed by atoms with Gasteiger partial charge in [0.15, 0.2) is 0 Å². The lowest BCUT2D eigenvalue weighted by Gasteiger charge is -2.40. The number of thiazole rings is 1. The first-order valence-electron chi connectivity index (χ1n) is 6.73. The van der Waals surface area contributed by atoms with Crippen LogP contribution in [0.4, 0.5) is 0 Å². The van der Waals surface area contributed by atoms with Gasteiger partial charge >= 0.3 is 0 Å². The quantitative estimate of drug-likeness (QED) is 0.882. The molecule has 1 saturated carbocycles. The van der Waals surface area contributed by atoms with Gasteiger partial charge in [-0.1, -0.05) is 13.8 Å². The van der Waals surface area contributed by atoms with Gasteiger partial charge in [0.2, 0.25) is 0 Å². The molecule has 1 aliphatic carbocycles. The normalized spacial score (nSPS) is 22.0. The molecule has 0 amide bonds. The molecule has 0 aliphatic heterocycles. The fourth-order valence-corrected chi connectivity index (χ4v) is 3.09. The predicted molar refractivity (Wildman–Crippen MR) is 75.8 cm³/mol. The maximum atomic E-state index is 10.5. The lowest BCUT2D eigenvalue weighted by molar-refractivity contribution is -0.0245. The second-order valence-electron chi connectivity index (χ2n) is 6.35. The molecule has 2 rings (SSSR count). The number of nitrogens with one attached hydrogen (secondary N) is 1. The summed E-state index contributed by atoms with van der Waals surface area (Å²) in [6.45, 7) is 8.04. The van der Waals surface area contributed by atoms with Crippen molar-refractivity contribution in [3.05, 3.63) is 16.1 Å². The van der Waals surface area contributed by atoms with Gasteiger partial charge in [0, 0.05) is 18.5 Å². The van der Waals surface area contributed by atoms with E-state index in [0.29, 0.717) is 12.0 Å². The van der Waals surface area contributed by atoms with Crippen LogP contribution in [-0.2, 0) is 6.54 Å². The fraction of sp³-hybridized carbons (Fsp3) is 0.786. The van der Waals surface area contributed by atoms with E-state index in [1.165, 1.54) is 0 Å². The molecule has 18 heavy (non-hydrogen) atoms. The summed E-state index contributed by atoms with van der Waals surface area (Å²) in [7, 11) is 0. The van der Waals surface area contributed by atoms with Crippen molar-refractivity contribution in [2.75, 3.05) is 6.54 Å². The van der Waals surface area contributed by atoms with E-state index in [0.717, 1.165) is 42.9 Å². The Balaban J connectivity index is 1.76. The second-order valence-corrected chi connectivity index (χ2v) is 7.41. The van der Waals surface area contributed by atoms with E-state index in [-0.39, 0.29) is 0 Å². The smallest absolute Gasteiger partial charge is 0.0897 e. The van der Waals surface area contributed by atoms with Crippen LogP contribution in [0, 0.1) is 12.3 Å². The van der Waals surface area contributed by atoms with Gasteiger partial charge in [-0.25, -0.2) is 4.98 Å². The Bertz CT molecular complexity index is 390. The number of rotatable bonds is 4. The molecule has 2 N–H and O–H groups in total. The Morgan fingerprint density at radius 3 is 2.56 bits per heavy atom. The minimum Gasteiger partial charge on any atom is -0.389 e. The van der Waals surface area contributed by atoms with E-state index in [1.54, 1.807) is 11.3 Å². The van der Waals surface area contributed by atoms with Crippen molar-refractivity contribution in [1.82, 2.24) is 10.3 Å². The van der Waals surface area contributed by atoms with Gasteiger partial charge in [-0.15, -0.1) is 11.3 Å². The predicted octanol–water partition coefficient (Wildman–Crippen LogP) is 2.87. The molecule has 1 aromatic heterocycles. The largest absolute Gasteiger partial charge is 0.389 e. The SMILES string of the molecule is Cc1nc(CNCC2(O)CCC(C)(C)CC2)cs1. The van der Waals surface area contributed by atoms with Crippen LogP contribution in [0.25, 0.3) is 0 Å². The highest BCUT2D eigenvalue weighted by atomic mass is 32.1. The lowest BCUT2D eigenvalue weighted by Crippen LogP contribution is -2.44. The molecule has 0 spiro atoms. The number of hydrogen-bond acceptors (Lipinski definition) is 4. The molecule has 102 valence electrons. The molecule has 1 fully saturated rings. The van der Waals surface area contributed by atoms with Gasteiger partial charge in [-0.2, -0.15) is 0 Å². The van der Waals surface area contributed by atoms with Gasteiger partial charge in [0.05, 0.1) is 16.3 Å².